The minimum atomic E-state index is -0.501. The topological polar surface area (TPSA) is 57.0 Å². The monoisotopic (exact) mass is 397 g/mol. The zero-order valence-electron chi connectivity index (χ0n) is 16.6. The molecule has 4 rings (SSSR count). The summed E-state index contributed by atoms with van der Waals surface area (Å²) >= 11 is 6.13. The molecule has 6 heteroatoms. The molecule has 0 radical (unpaired) electrons. The predicted octanol–water partition coefficient (Wildman–Crippen LogP) is 4.76. The Morgan fingerprint density at radius 1 is 1.29 bits per heavy atom. The zero-order chi connectivity index (χ0) is 20.1. The SMILES string of the molecule is Cc1ccc(C(OC(=O)C2(C)CC2)c2ccc3c(nnn3C)c2C)cc1CCl. The molecule has 1 aliphatic rings. The molecule has 1 saturated carbocycles. The van der Waals surface area contributed by atoms with Crippen molar-refractivity contribution in [3.63, 3.8) is 0 Å². The molecule has 3 aromatic rings. The third-order valence-electron chi connectivity index (χ3n) is 5.90. The van der Waals surface area contributed by atoms with Crippen LogP contribution in [-0.2, 0) is 22.5 Å². The van der Waals surface area contributed by atoms with E-state index in [0.29, 0.717) is 5.88 Å². The van der Waals surface area contributed by atoms with Gasteiger partial charge < -0.3 is 4.74 Å². The number of halogens is 1. The molecule has 0 bridgehead atoms. The van der Waals surface area contributed by atoms with Gasteiger partial charge in [0, 0.05) is 18.5 Å². The molecular formula is C22H24ClN3O2. The summed E-state index contributed by atoms with van der Waals surface area (Å²) in [4.78, 5) is 12.8. The van der Waals surface area contributed by atoms with Crippen molar-refractivity contribution in [2.24, 2.45) is 12.5 Å². The number of aryl methyl sites for hydroxylation is 3. The first-order chi connectivity index (χ1) is 13.3. The number of esters is 1. The number of carbonyl (C=O) groups excluding carboxylic acids is 1. The van der Waals surface area contributed by atoms with E-state index in [1.165, 1.54) is 0 Å². The molecule has 1 unspecified atom stereocenters. The van der Waals surface area contributed by atoms with Crippen molar-refractivity contribution in [1.29, 1.82) is 0 Å². The highest BCUT2D eigenvalue weighted by Gasteiger charge is 2.47. The lowest BCUT2D eigenvalue weighted by molar-refractivity contribution is -0.153. The Morgan fingerprint density at radius 2 is 2.04 bits per heavy atom. The largest absolute Gasteiger partial charge is 0.452 e. The van der Waals surface area contributed by atoms with E-state index >= 15 is 0 Å². The molecule has 0 saturated heterocycles. The Bertz CT molecular complexity index is 1070. The van der Waals surface area contributed by atoms with Crippen LogP contribution in [0.2, 0.25) is 0 Å². The molecular weight excluding hydrogens is 374 g/mol. The van der Waals surface area contributed by atoms with E-state index in [1.54, 1.807) is 4.68 Å². The van der Waals surface area contributed by atoms with Gasteiger partial charge in [-0.15, -0.1) is 16.7 Å². The summed E-state index contributed by atoms with van der Waals surface area (Å²) < 4.78 is 7.83. The van der Waals surface area contributed by atoms with Crippen molar-refractivity contribution >= 4 is 28.6 Å². The fourth-order valence-corrected chi connectivity index (χ4v) is 3.77. The number of hydrogen-bond donors (Lipinski definition) is 0. The van der Waals surface area contributed by atoms with Gasteiger partial charge in [0.15, 0.2) is 6.10 Å². The summed E-state index contributed by atoms with van der Waals surface area (Å²) in [6, 6.07) is 10.1. The van der Waals surface area contributed by atoms with Crippen molar-refractivity contribution in [3.8, 4) is 0 Å². The molecule has 146 valence electrons. The van der Waals surface area contributed by atoms with Gasteiger partial charge in [-0.2, -0.15) is 0 Å². The lowest BCUT2D eigenvalue weighted by Gasteiger charge is -2.23. The van der Waals surface area contributed by atoms with Gasteiger partial charge in [0.25, 0.3) is 0 Å². The Labute approximate surface area is 169 Å². The van der Waals surface area contributed by atoms with Crippen molar-refractivity contribution in [3.05, 3.63) is 58.1 Å². The Balaban J connectivity index is 1.83. The van der Waals surface area contributed by atoms with Gasteiger partial charge in [-0.05, 0) is 61.9 Å². The van der Waals surface area contributed by atoms with Gasteiger partial charge in [0.05, 0.1) is 10.9 Å². The first-order valence-electron chi connectivity index (χ1n) is 9.49. The second-order valence-electron chi connectivity index (χ2n) is 8.03. The molecule has 0 spiro atoms. The van der Waals surface area contributed by atoms with Crippen molar-refractivity contribution < 1.29 is 9.53 Å². The number of rotatable bonds is 5. The molecule has 5 nitrogen and oxygen atoms in total. The van der Waals surface area contributed by atoms with Crippen LogP contribution in [0.4, 0.5) is 0 Å². The average molecular weight is 398 g/mol. The van der Waals surface area contributed by atoms with Gasteiger partial charge in [0.1, 0.15) is 5.52 Å². The first-order valence-corrected chi connectivity index (χ1v) is 10.0. The van der Waals surface area contributed by atoms with Crippen LogP contribution in [0.15, 0.2) is 30.3 Å². The molecule has 0 aliphatic heterocycles. The van der Waals surface area contributed by atoms with E-state index in [9.17, 15) is 4.79 Å². The maximum atomic E-state index is 12.8. The summed E-state index contributed by atoms with van der Waals surface area (Å²) in [7, 11) is 1.87. The standard InChI is InChI=1S/C22H24ClN3O2/c1-13-5-6-15(11-16(13)12-23)20(28-21(27)22(3)9-10-22)17-7-8-18-19(14(17)2)24-25-26(18)4/h5-8,11,20H,9-10,12H2,1-4H3. The van der Waals surface area contributed by atoms with E-state index in [2.05, 4.69) is 10.3 Å². The maximum absolute atomic E-state index is 12.8. The number of hydrogen-bond acceptors (Lipinski definition) is 4. The highest BCUT2D eigenvalue weighted by atomic mass is 35.5. The van der Waals surface area contributed by atoms with Crippen molar-refractivity contribution in [1.82, 2.24) is 15.0 Å². The lowest BCUT2D eigenvalue weighted by atomic mass is 9.94. The number of benzene rings is 2. The van der Waals surface area contributed by atoms with Crippen LogP contribution in [0, 0.1) is 19.3 Å². The number of fused-ring (bicyclic) bond motifs is 1. The Morgan fingerprint density at radius 3 is 2.71 bits per heavy atom. The average Bonchev–Trinajstić information content (AvgIpc) is 3.33. The molecule has 1 atom stereocenters. The van der Waals surface area contributed by atoms with Crippen LogP contribution in [-0.4, -0.2) is 21.0 Å². The van der Waals surface area contributed by atoms with Crippen molar-refractivity contribution in [2.45, 2.75) is 45.6 Å². The minimum absolute atomic E-state index is 0.149. The summed E-state index contributed by atoms with van der Waals surface area (Å²) in [5, 5.41) is 8.41. The van der Waals surface area contributed by atoms with Crippen LogP contribution < -0.4 is 0 Å². The summed E-state index contributed by atoms with van der Waals surface area (Å²) in [5.74, 6) is 0.268. The van der Waals surface area contributed by atoms with Gasteiger partial charge in [-0.3, -0.25) is 4.79 Å². The third kappa shape index (κ3) is 3.18. The van der Waals surface area contributed by atoms with Gasteiger partial charge in [-0.1, -0.05) is 29.5 Å². The van der Waals surface area contributed by atoms with Crippen molar-refractivity contribution in [2.75, 3.05) is 0 Å². The van der Waals surface area contributed by atoms with E-state index in [-0.39, 0.29) is 11.4 Å². The fraction of sp³-hybridized carbons (Fsp3) is 0.409. The van der Waals surface area contributed by atoms with Crippen LogP contribution in [0.1, 0.15) is 53.7 Å². The Kier molecular flexibility index (Phi) is 4.66. The van der Waals surface area contributed by atoms with E-state index < -0.39 is 6.10 Å². The maximum Gasteiger partial charge on any atom is 0.312 e. The Hall–Kier alpha value is -2.40. The second kappa shape index (κ2) is 6.89. The second-order valence-corrected chi connectivity index (χ2v) is 8.29. The van der Waals surface area contributed by atoms with Crippen LogP contribution in [0.5, 0.6) is 0 Å². The van der Waals surface area contributed by atoms with Crippen LogP contribution >= 0.6 is 11.6 Å². The number of aromatic nitrogens is 3. The quantitative estimate of drug-likeness (QED) is 0.460. The fourth-order valence-electron chi connectivity index (χ4n) is 3.48. The summed E-state index contributed by atoms with van der Waals surface area (Å²) in [6.45, 7) is 6.00. The third-order valence-corrected chi connectivity index (χ3v) is 6.19. The van der Waals surface area contributed by atoms with Gasteiger partial charge in [-0.25, -0.2) is 4.68 Å². The van der Waals surface area contributed by atoms with Crippen LogP contribution in [0.25, 0.3) is 11.0 Å². The smallest absolute Gasteiger partial charge is 0.312 e. The summed E-state index contributed by atoms with van der Waals surface area (Å²) in [6.07, 6.45) is 1.25. The molecule has 1 heterocycles. The number of ether oxygens (including phenoxy) is 1. The molecule has 2 aromatic carbocycles. The van der Waals surface area contributed by atoms with Gasteiger partial charge >= 0.3 is 5.97 Å². The molecule has 1 aliphatic carbocycles. The molecule has 0 amide bonds. The zero-order valence-corrected chi connectivity index (χ0v) is 17.4. The number of alkyl halides is 1. The predicted molar refractivity (Wildman–Crippen MR) is 109 cm³/mol. The van der Waals surface area contributed by atoms with E-state index in [1.807, 2.05) is 58.2 Å². The first kappa shape index (κ1) is 18.9. The lowest BCUT2D eigenvalue weighted by Crippen LogP contribution is -2.20. The highest BCUT2D eigenvalue weighted by Crippen LogP contribution is 2.47. The van der Waals surface area contributed by atoms with Gasteiger partial charge in [0.2, 0.25) is 0 Å². The molecule has 1 aromatic heterocycles. The van der Waals surface area contributed by atoms with E-state index in [0.717, 1.165) is 51.7 Å². The number of nitrogens with zero attached hydrogens (tertiary/aromatic N) is 3. The molecule has 1 fully saturated rings. The highest BCUT2D eigenvalue weighted by molar-refractivity contribution is 6.17. The number of carbonyl (C=O) groups is 1. The molecule has 28 heavy (non-hydrogen) atoms. The van der Waals surface area contributed by atoms with E-state index in [4.69, 9.17) is 16.3 Å². The molecule has 0 N–H and O–H groups in total. The minimum Gasteiger partial charge on any atom is -0.452 e. The normalized spacial score (nSPS) is 16.2. The summed E-state index contributed by atoms with van der Waals surface area (Å²) in [5.41, 5.74) is 6.39. The van der Waals surface area contributed by atoms with Crippen LogP contribution in [0.3, 0.4) is 0 Å².